The maximum absolute atomic E-state index is 12.0. The molecule has 1 heterocycles. The molecule has 1 aliphatic rings. The maximum Gasteiger partial charge on any atom is 0.327 e. The third-order valence-electron chi connectivity index (χ3n) is 2.75. The molecular weight excluding hydrogens is 254 g/mol. The zero-order valence-electron chi connectivity index (χ0n) is 9.57. The van der Waals surface area contributed by atoms with Crippen molar-refractivity contribution in [2.45, 2.75) is 12.5 Å². The number of hydrogen-bond donors (Lipinski definition) is 2. The van der Waals surface area contributed by atoms with Crippen LogP contribution in [0.1, 0.15) is 5.56 Å². The van der Waals surface area contributed by atoms with E-state index in [2.05, 4.69) is 0 Å². The van der Waals surface area contributed by atoms with E-state index in [0.29, 0.717) is 17.2 Å². The number of nitrogens with zero attached hydrogens (tertiary/aromatic N) is 1. The van der Waals surface area contributed by atoms with Gasteiger partial charge in [0.25, 0.3) is 0 Å². The Labute approximate surface area is 108 Å². The van der Waals surface area contributed by atoms with Gasteiger partial charge in [0.15, 0.2) is 0 Å². The van der Waals surface area contributed by atoms with Gasteiger partial charge in [-0.15, -0.1) is 11.8 Å². The monoisotopic (exact) mass is 267 g/mol. The van der Waals surface area contributed by atoms with Gasteiger partial charge in [-0.25, -0.2) is 4.79 Å². The molecule has 1 aliphatic heterocycles. The predicted octanol–water partition coefficient (Wildman–Crippen LogP) is 0.921. The summed E-state index contributed by atoms with van der Waals surface area (Å²) in [4.78, 5) is 24.4. The zero-order chi connectivity index (χ0) is 13.1. The van der Waals surface area contributed by atoms with Crippen LogP contribution in [0, 0.1) is 0 Å². The molecule has 5 nitrogen and oxygen atoms in total. The van der Waals surface area contributed by atoms with Gasteiger partial charge < -0.3 is 15.1 Å². The number of carboxylic acids is 1. The minimum Gasteiger partial charge on any atom is -0.508 e. The molecule has 1 amide bonds. The quantitative estimate of drug-likeness (QED) is 0.851. The first-order chi connectivity index (χ1) is 8.58. The van der Waals surface area contributed by atoms with E-state index in [1.54, 1.807) is 12.1 Å². The van der Waals surface area contributed by atoms with Crippen LogP contribution in [-0.4, -0.2) is 44.7 Å². The molecule has 0 saturated carbocycles. The number of phenolic OH excluding ortho intramolecular Hbond substituents is 1. The Kier molecular flexibility index (Phi) is 3.76. The van der Waals surface area contributed by atoms with Gasteiger partial charge in [-0.2, -0.15) is 0 Å². The Bertz CT molecular complexity index is 477. The van der Waals surface area contributed by atoms with Crippen molar-refractivity contribution in [3.05, 3.63) is 29.8 Å². The number of hydrogen-bond acceptors (Lipinski definition) is 4. The average molecular weight is 267 g/mol. The van der Waals surface area contributed by atoms with Crippen LogP contribution in [-0.2, 0) is 16.0 Å². The number of amides is 1. The average Bonchev–Trinajstić information content (AvgIpc) is 2.77. The third kappa shape index (κ3) is 2.76. The van der Waals surface area contributed by atoms with Crippen LogP contribution in [0.5, 0.6) is 5.75 Å². The van der Waals surface area contributed by atoms with Gasteiger partial charge >= 0.3 is 5.97 Å². The number of carbonyl (C=O) groups excluding carboxylic acids is 1. The molecule has 1 atom stereocenters. The summed E-state index contributed by atoms with van der Waals surface area (Å²) >= 11 is 1.44. The lowest BCUT2D eigenvalue weighted by Crippen LogP contribution is -2.42. The molecule has 1 unspecified atom stereocenters. The van der Waals surface area contributed by atoms with Crippen molar-refractivity contribution in [3.63, 3.8) is 0 Å². The number of aliphatic carboxylic acids is 1. The lowest BCUT2D eigenvalue weighted by Gasteiger charge is -2.20. The summed E-state index contributed by atoms with van der Waals surface area (Å²) in [5, 5.41) is 18.3. The van der Waals surface area contributed by atoms with Crippen LogP contribution in [0.25, 0.3) is 0 Å². The van der Waals surface area contributed by atoms with Gasteiger partial charge in [0.1, 0.15) is 11.8 Å². The van der Waals surface area contributed by atoms with E-state index in [4.69, 9.17) is 5.11 Å². The number of phenols is 1. The predicted molar refractivity (Wildman–Crippen MR) is 67.4 cm³/mol. The molecule has 2 N–H and O–H groups in total. The van der Waals surface area contributed by atoms with Crippen LogP contribution < -0.4 is 0 Å². The van der Waals surface area contributed by atoms with Crippen molar-refractivity contribution in [3.8, 4) is 5.75 Å². The highest BCUT2D eigenvalue weighted by atomic mass is 32.2. The van der Waals surface area contributed by atoms with E-state index in [-0.39, 0.29) is 18.1 Å². The Morgan fingerprint density at radius 2 is 2.22 bits per heavy atom. The number of carboxylic acid groups (broad SMARTS) is 1. The normalized spacial score (nSPS) is 18.9. The number of thioether (sulfide) groups is 1. The van der Waals surface area contributed by atoms with E-state index in [9.17, 15) is 14.7 Å². The van der Waals surface area contributed by atoms with Crippen LogP contribution in [0.4, 0.5) is 0 Å². The maximum atomic E-state index is 12.0. The molecule has 0 spiro atoms. The fourth-order valence-corrected chi connectivity index (χ4v) is 3.01. The Hall–Kier alpha value is -1.69. The van der Waals surface area contributed by atoms with E-state index < -0.39 is 12.0 Å². The van der Waals surface area contributed by atoms with Crippen molar-refractivity contribution in [2.24, 2.45) is 0 Å². The van der Waals surface area contributed by atoms with E-state index in [1.165, 1.54) is 28.8 Å². The van der Waals surface area contributed by atoms with Gasteiger partial charge in [-0.3, -0.25) is 4.79 Å². The van der Waals surface area contributed by atoms with E-state index >= 15 is 0 Å². The Morgan fingerprint density at radius 3 is 2.89 bits per heavy atom. The molecule has 0 radical (unpaired) electrons. The lowest BCUT2D eigenvalue weighted by molar-refractivity contribution is -0.147. The number of benzene rings is 1. The summed E-state index contributed by atoms with van der Waals surface area (Å²) in [7, 11) is 0. The minimum atomic E-state index is -0.968. The van der Waals surface area contributed by atoms with Gasteiger partial charge in [0.05, 0.1) is 12.3 Å². The van der Waals surface area contributed by atoms with Gasteiger partial charge in [0, 0.05) is 5.75 Å². The molecule has 6 heteroatoms. The van der Waals surface area contributed by atoms with Crippen LogP contribution in [0.2, 0.25) is 0 Å². The van der Waals surface area contributed by atoms with Crippen molar-refractivity contribution >= 4 is 23.6 Å². The SMILES string of the molecule is O=C(O)C1CSCN1C(=O)Cc1cccc(O)c1. The smallest absolute Gasteiger partial charge is 0.327 e. The first-order valence-corrected chi connectivity index (χ1v) is 6.61. The zero-order valence-corrected chi connectivity index (χ0v) is 10.4. The molecule has 2 rings (SSSR count). The Balaban J connectivity index is 2.06. The van der Waals surface area contributed by atoms with Crippen molar-refractivity contribution in [1.29, 1.82) is 0 Å². The summed E-state index contributed by atoms with van der Waals surface area (Å²) in [6, 6.07) is 5.69. The molecule has 0 aromatic heterocycles. The minimum absolute atomic E-state index is 0.103. The number of rotatable bonds is 3. The highest BCUT2D eigenvalue weighted by Crippen LogP contribution is 2.22. The van der Waals surface area contributed by atoms with Gasteiger partial charge in [-0.05, 0) is 17.7 Å². The molecule has 0 bridgehead atoms. The number of carbonyl (C=O) groups is 2. The molecular formula is C12H13NO4S. The molecule has 1 aromatic rings. The second-order valence-corrected chi connectivity index (χ2v) is 5.06. The first-order valence-electron chi connectivity index (χ1n) is 5.46. The summed E-state index contributed by atoms with van der Waals surface area (Å²) in [6.07, 6.45) is 0.110. The summed E-state index contributed by atoms with van der Waals surface area (Å²) in [5.41, 5.74) is 0.682. The second-order valence-electron chi connectivity index (χ2n) is 4.06. The standard InChI is InChI=1S/C12H13NO4S/c14-9-3-1-2-8(4-9)5-11(15)13-7-18-6-10(13)12(16)17/h1-4,10,14H,5-7H2,(H,16,17). The highest BCUT2D eigenvalue weighted by Gasteiger charge is 2.34. The molecule has 1 fully saturated rings. The van der Waals surface area contributed by atoms with Gasteiger partial charge in [-0.1, -0.05) is 12.1 Å². The summed E-state index contributed by atoms with van der Waals surface area (Å²) in [6.45, 7) is 0. The highest BCUT2D eigenvalue weighted by molar-refractivity contribution is 7.99. The topological polar surface area (TPSA) is 77.8 Å². The Morgan fingerprint density at radius 1 is 1.44 bits per heavy atom. The third-order valence-corrected chi connectivity index (χ3v) is 3.77. The van der Waals surface area contributed by atoms with Crippen molar-refractivity contribution in [1.82, 2.24) is 4.90 Å². The molecule has 96 valence electrons. The first kappa shape index (κ1) is 12.8. The molecule has 1 aromatic carbocycles. The fourth-order valence-electron chi connectivity index (χ4n) is 1.84. The van der Waals surface area contributed by atoms with Crippen molar-refractivity contribution < 1.29 is 19.8 Å². The van der Waals surface area contributed by atoms with Gasteiger partial charge in [0.2, 0.25) is 5.91 Å². The summed E-state index contributed by atoms with van der Waals surface area (Å²) < 4.78 is 0. The van der Waals surface area contributed by atoms with Crippen LogP contribution >= 0.6 is 11.8 Å². The molecule has 0 aliphatic carbocycles. The van der Waals surface area contributed by atoms with Crippen molar-refractivity contribution in [2.75, 3.05) is 11.6 Å². The van der Waals surface area contributed by atoms with E-state index in [1.807, 2.05) is 0 Å². The van der Waals surface area contributed by atoms with E-state index in [0.717, 1.165) is 0 Å². The molecule has 18 heavy (non-hydrogen) atoms. The largest absolute Gasteiger partial charge is 0.508 e. The van der Waals surface area contributed by atoms with Crippen LogP contribution in [0.15, 0.2) is 24.3 Å². The lowest BCUT2D eigenvalue weighted by atomic mass is 10.1. The van der Waals surface area contributed by atoms with Crippen LogP contribution in [0.3, 0.4) is 0 Å². The fraction of sp³-hybridized carbons (Fsp3) is 0.333. The number of aromatic hydroxyl groups is 1. The summed E-state index contributed by atoms with van der Waals surface area (Å²) in [5.74, 6) is -0.247. The second kappa shape index (κ2) is 5.30. The molecule has 1 saturated heterocycles.